The van der Waals surface area contributed by atoms with Crippen molar-refractivity contribution in [3.05, 3.63) is 94.5 Å². The number of carbonyl (C=O) groups excluding carboxylic acids is 2. The number of anilines is 2. The van der Waals surface area contributed by atoms with E-state index in [1.807, 2.05) is 18.2 Å². The number of nitrogens with zero attached hydrogens (tertiary/aromatic N) is 3. The van der Waals surface area contributed by atoms with Crippen LogP contribution in [0.3, 0.4) is 0 Å². The molecule has 40 heavy (non-hydrogen) atoms. The Bertz CT molecular complexity index is 1290. The highest BCUT2D eigenvalue weighted by molar-refractivity contribution is 6.34. The van der Waals surface area contributed by atoms with Crippen LogP contribution in [-0.4, -0.2) is 87.2 Å². The summed E-state index contributed by atoms with van der Waals surface area (Å²) in [5.74, 6) is -0.463. The summed E-state index contributed by atoms with van der Waals surface area (Å²) >= 11 is 6.23. The molecule has 0 bridgehead atoms. The molecule has 2 aliphatic rings. The largest absolute Gasteiger partial charge is 0.379 e. The fourth-order valence-electron chi connectivity index (χ4n) is 5.15. The summed E-state index contributed by atoms with van der Waals surface area (Å²) in [6.45, 7) is 8.84. The van der Waals surface area contributed by atoms with Crippen LogP contribution in [0.1, 0.15) is 26.3 Å². The molecule has 9 heteroatoms. The van der Waals surface area contributed by atoms with E-state index in [0.717, 1.165) is 71.3 Å². The predicted octanol–water partition coefficient (Wildman–Crippen LogP) is 3.98. The molecule has 2 heterocycles. The lowest BCUT2D eigenvalue weighted by Gasteiger charge is -2.37. The quantitative estimate of drug-likeness (QED) is 0.412. The first-order valence-electron chi connectivity index (χ1n) is 13.9. The third-order valence-corrected chi connectivity index (χ3v) is 7.73. The molecule has 5 rings (SSSR count). The number of morpholine rings is 1. The number of nitrogens with one attached hydrogen (secondary N) is 2. The lowest BCUT2D eigenvalue weighted by Crippen LogP contribution is -2.46. The fraction of sp³-hybridized carbons (Fsp3) is 0.355. The molecule has 2 amide bonds. The van der Waals surface area contributed by atoms with E-state index in [1.54, 1.807) is 30.3 Å². The first-order chi connectivity index (χ1) is 19.6. The molecular weight excluding hydrogens is 526 g/mol. The maximum absolute atomic E-state index is 13.5. The number of piperazine rings is 1. The standard InChI is InChI=1S/C31H36ClN5O3/c32-28-9-5-4-8-26(28)31(39)34-25-10-11-29(27(22-25)30(38)33-12-13-35-18-20-40-21-19-35)37-16-14-36(15-17-37)23-24-6-2-1-3-7-24/h1-11,22H,12-21,23H2,(H,33,38)(H,34,39). The van der Waals surface area contributed by atoms with Crippen LogP contribution in [0.5, 0.6) is 0 Å². The van der Waals surface area contributed by atoms with Gasteiger partial charge in [-0.3, -0.25) is 19.4 Å². The van der Waals surface area contributed by atoms with Crippen LogP contribution in [0.4, 0.5) is 11.4 Å². The number of benzene rings is 3. The minimum Gasteiger partial charge on any atom is -0.379 e. The molecule has 2 fully saturated rings. The van der Waals surface area contributed by atoms with Crippen LogP contribution in [0.25, 0.3) is 0 Å². The summed E-state index contributed by atoms with van der Waals surface area (Å²) in [6, 6.07) is 23.0. The van der Waals surface area contributed by atoms with Crippen molar-refractivity contribution in [2.45, 2.75) is 6.54 Å². The second kappa shape index (κ2) is 13.8. The SMILES string of the molecule is O=C(Nc1ccc(N2CCN(Cc3ccccc3)CC2)c(C(=O)NCCN2CCOCC2)c1)c1ccccc1Cl. The molecule has 0 atom stereocenters. The predicted molar refractivity (Wildman–Crippen MR) is 159 cm³/mol. The number of hydrogen-bond acceptors (Lipinski definition) is 6. The van der Waals surface area contributed by atoms with Crippen LogP contribution < -0.4 is 15.5 Å². The van der Waals surface area contributed by atoms with Gasteiger partial charge in [0.15, 0.2) is 0 Å². The minimum atomic E-state index is -0.313. The van der Waals surface area contributed by atoms with Gasteiger partial charge in [0.05, 0.1) is 29.4 Å². The number of hydrogen-bond donors (Lipinski definition) is 2. The summed E-state index contributed by atoms with van der Waals surface area (Å²) in [5.41, 5.74) is 3.67. The van der Waals surface area contributed by atoms with Crippen molar-refractivity contribution < 1.29 is 14.3 Å². The zero-order valence-electron chi connectivity index (χ0n) is 22.7. The van der Waals surface area contributed by atoms with E-state index in [0.29, 0.717) is 28.4 Å². The molecule has 0 aromatic heterocycles. The van der Waals surface area contributed by atoms with Crippen molar-refractivity contribution in [3.63, 3.8) is 0 Å². The van der Waals surface area contributed by atoms with Gasteiger partial charge in [-0.05, 0) is 35.9 Å². The highest BCUT2D eigenvalue weighted by Crippen LogP contribution is 2.27. The monoisotopic (exact) mass is 561 g/mol. The first-order valence-corrected chi connectivity index (χ1v) is 14.2. The zero-order chi connectivity index (χ0) is 27.7. The van der Waals surface area contributed by atoms with Gasteiger partial charge in [0, 0.05) is 70.3 Å². The van der Waals surface area contributed by atoms with Gasteiger partial charge in [-0.2, -0.15) is 0 Å². The van der Waals surface area contributed by atoms with E-state index in [-0.39, 0.29) is 11.8 Å². The number of carbonyl (C=O) groups is 2. The molecule has 3 aromatic carbocycles. The summed E-state index contributed by atoms with van der Waals surface area (Å²) < 4.78 is 5.42. The molecule has 0 aliphatic carbocycles. The Balaban J connectivity index is 1.29. The Morgan fingerprint density at radius 2 is 1.50 bits per heavy atom. The van der Waals surface area contributed by atoms with Crippen molar-refractivity contribution in [1.82, 2.24) is 15.1 Å². The van der Waals surface area contributed by atoms with Gasteiger partial charge in [0.25, 0.3) is 11.8 Å². The second-order valence-electron chi connectivity index (χ2n) is 10.1. The molecule has 0 spiro atoms. The number of amides is 2. The Morgan fingerprint density at radius 1 is 0.775 bits per heavy atom. The molecule has 2 N–H and O–H groups in total. The normalized spacial score (nSPS) is 16.5. The average Bonchev–Trinajstić information content (AvgIpc) is 2.99. The Labute approximate surface area is 240 Å². The third-order valence-electron chi connectivity index (χ3n) is 7.40. The van der Waals surface area contributed by atoms with Crippen molar-refractivity contribution >= 4 is 34.8 Å². The summed E-state index contributed by atoms with van der Waals surface area (Å²) in [5, 5.41) is 6.39. The average molecular weight is 562 g/mol. The van der Waals surface area contributed by atoms with E-state index < -0.39 is 0 Å². The van der Waals surface area contributed by atoms with E-state index in [1.165, 1.54) is 5.56 Å². The molecule has 0 radical (unpaired) electrons. The lowest BCUT2D eigenvalue weighted by atomic mass is 10.1. The highest BCUT2D eigenvalue weighted by atomic mass is 35.5. The third kappa shape index (κ3) is 7.40. The van der Waals surface area contributed by atoms with Gasteiger partial charge in [-0.15, -0.1) is 0 Å². The molecule has 210 valence electrons. The van der Waals surface area contributed by atoms with E-state index in [2.05, 4.69) is 49.6 Å². The van der Waals surface area contributed by atoms with Crippen LogP contribution >= 0.6 is 11.6 Å². The van der Waals surface area contributed by atoms with Crippen LogP contribution in [0.2, 0.25) is 5.02 Å². The topological polar surface area (TPSA) is 77.2 Å². The number of rotatable bonds is 9. The minimum absolute atomic E-state index is 0.149. The van der Waals surface area contributed by atoms with Gasteiger partial charge in [-0.1, -0.05) is 54.1 Å². The zero-order valence-corrected chi connectivity index (χ0v) is 23.4. The van der Waals surface area contributed by atoms with Gasteiger partial charge in [0.1, 0.15) is 0 Å². The van der Waals surface area contributed by atoms with E-state index in [9.17, 15) is 9.59 Å². The molecule has 3 aromatic rings. The lowest BCUT2D eigenvalue weighted by molar-refractivity contribution is 0.0383. The Morgan fingerprint density at radius 3 is 2.25 bits per heavy atom. The van der Waals surface area contributed by atoms with Crippen molar-refractivity contribution in [2.75, 3.05) is 75.8 Å². The molecule has 2 aliphatic heterocycles. The smallest absolute Gasteiger partial charge is 0.257 e. The Kier molecular flexibility index (Phi) is 9.67. The fourth-order valence-corrected chi connectivity index (χ4v) is 5.37. The van der Waals surface area contributed by atoms with Gasteiger partial charge < -0.3 is 20.3 Å². The van der Waals surface area contributed by atoms with Crippen molar-refractivity contribution in [3.8, 4) is 0 Å². The van der Waals surface area contributed by atoms with Gasteiger partial charge in [-0.25, -0.2) is 0 Å². The molecule has 0 unspecified atom stereocenters. The van der Waals surface area contributed by atoms with Crippen molar-refractivity contribution in [2.24, 2.45) is 0 Å². The second-order valence-corrected chi connectivity index (χ2v) is 10.5. The Hall–Kier alpha value is -3.43. The highest BCUT2D eigenvalue weighted by Gasteiger charge is 2.23. The molecule has 2 saturated heterocycles. The summed E-state index contributed by atoms with van der Waals surface area (Å²) in [7, 11) is 0. The van der Waals surface area contributed by atoms with E-state index >= 15 is 0 Å². The molecular formula is C31H36ClN5O3. The number of halogens is 1. The molecule has 8 nitrogen and oxygen atoms in total. The summed E-state index contributed by atoms with van der Waals surface area (Å²) in [6.07, 6.45) is 0. The number of ether oxygens (including phenoxy) is 1. The van der Waals surface area contributed by atoms with Crippen LogP contribution in [0, 0.1) is 0 Å². The van der Waals surface area contributed by atoms with Gasteiger partial charge in [0.2, 0.25) is 0 Å². The molecule has 0 saturated carbocycles. The van der Waals surface area contributed by atoms with E-state index in [4.69, 9.17) is 16.3 Å². The van der Waals surface area contributed by atoms with Crippen LogP contribution in [0.15, 0.2) is 72.8 Å². The maximum atomic E-state index is 13.5. The first kappa shape index (κ1) is 28.1. The van der Waals surface area contributed by atoms with Crippen LogP contribution in [-0.2, 0) is 11.3 Å². The maximum Gasteiger partial charge on any atom is 0.257 e. The summed E-state index contributed by atoms with van der Waals surface area (Å²) in [4.78, 5) is 33.4. The van der Waals surface area contributed by atoms with Gasteiger partial charge >= 0.3 is 0 Å². The van der Waals surface area contributed by atoms with Crippen molar-refractivity contribution in [1.29, 1.82) is 0 Å².